The minimum absolute atomic E-state index is 0.00773. The average molecular weight is 343 g/mol. The van der Waals surface area contributed by atoms with Gasteiger partial charge in [0.2, 0.25) is 0 Å². The summed E-state index contributed by atoms with van der Waals surface area (Å²) in [6.45, 7) is 5.19. The number of sulfone groups is 1. The molecule has 7 heteroatoms. The van der Waals surface area contributed by atoms with Crippen LogP contribution in [0.15, 0.2) is 29.3 Å². The van der Waals surface area contributed by atoms with Crippen LogP contribution in [0.1, 0.15) is 25.8 Å². The van der Waals surface area contributed by atoms with Gasteiger partial charge < -0.3 is 10.6 Å². The zero-order valence-corrected chi connectivity index (χ0v) is 14.8. The highest BCUT2D eigenvalue weighted by atomic mass is 32.2. The standard InChI is InChI=1S/C16H26FN3O2S/c1-4-18-16(20-13(2)10-12-23(3,21)22)19-11-9-14-5-7-15(17)8-6-14/h5-8,13H,4,9-12H2,1-3H3,(H2,18,19,20). The van der Waals surface area contributed by atoms with Crippen LogP contribution in [0.5, 0.6) is 0 Å². The van der Waals surface area contributed by atoms with E-state index in [9.17, 15) is 12.8 Å². The fourth-order valence-corrected chi connectivity index (χ4v) is 2.75. The molecule has 0 bridgehead atoms. The Morgan fingerprint density at radius 2 is 1.96 bits per heavy atom. The molecule has 1 rings (SSSR count). The highest BCUT2D eigenvalue weighted by Crippen LogP contribution is 2.03. The molecular weight excluding hydrogens is 317 g/mol. The number of hydrogen-bond acceptors (Lipinski definition) is 3. The number of halogens is 1. The van der Waals surface area contributed by atoms with E-state index >= 15 is 0 Å². The Balaban J connectivity index is 2.50. The first-order valence-corrected chi connectivity index (χ1v) is 9.83. The van der Waals surface area contributed by atoms with Gasteiger partial charge in [0.25, 0.3) is 0 Å². The summed E-state index contributed by atoms with van der Waals surface area (Å²) < 4.78 is 35.2. The highest BCUT2D eigenvalue weighted by molar-refractivity contribution is 7.90. The fourth-order valence-electron chi connectivity index (χ4n) is 1.96. The minimum Gasteiger partial charge on any atom is -0.357 e. The van der Waals surface area contributed by atoms with E-state index in [1.807, 2.05) is 13.8 Å². The van der Waals surface area contributed by atoms with Crippen LogP contribution in [-0.2, 0) is 16.3 Å². The Labute approximate surface area is 138 Å². The number of nitrogens with zero attached hydrogens (tertiary/aromatic N) is 1. The van der Waals surface area contributed by atoms with E-state index in [0.29, 0.717) is 25.3 Å². The maximum Gasteiger partial charge on any atom is 0.191 e. The molecule has 0 saturated heterocycles. The van der Waals surface area contributed by atoms with Crippen LogP contribution in [0.3, 0.4) is 0 Å². The molecule has 23 heavy (non-hydrogen) atoms. The third-order valence-electron chi connectivity index (χ3n) is 3.23. The summed E-state index contributed by atoms with van der Waals surface area (Å²) in [5.41, 5.74) is 1.02. The summed E-state index contributed by atoms with van der Waals surface area (Å²) in [7, 11) is -2.95. The van der Waals surface area contributed by atoms with Gasteiger partial charge in [-0.05, 0) is 44.4 Å². The van der Waals surface area contributed by atoms with E-state index in [2.05, 4.69) is 15.6 Å². The Kier molecular flexibility index (Phi) is 8.02. The van der Waals surface area contributed by atoms with Crippen LogP contribution in [0.2, 0.25) is 0 Å². The van der Waals surface area contributed by atoms with Gasteiger partial charge in [-0.2, -0.15) is 0 Å². The first-order valence-electron chi connectivity index (χ1n) is 7.77. The van der Waals surface area contributed by atoms with Gasteiger partial charge in [-0.3, -0.25) is 4.99 Å². The third-order valence-corrected chi connectivity index (χ3v) is 4.21. The maximum atomic E-state index is 12.8. The lowest BCUT2D eigenvalue weighted by Gasteiger charge is -2.17. The lowest BCUT2D eigenvalue weighted by atomic mass is 10.1. The number of benzene rings is 1. The smallest absolute Gasteiger partial charge is 0.191 e. The molecule has 130 valence electrons. The molecule has 0 radical (unpaired) electrons. The number of guanidine groups is 1. The lowest BCUT2D eigenvalue weighted by Crippen LogP contribution is -2.43. The second-order valence-electron chi connectivity index (χ2n) is 5.60. The quantitative estimate of drug-likeness (QED) is 0.557. The molecule has 0 aliphatic heterocycles. The van der Waals surface area contributed by atoms with Crippen molar-refractivity contribution in [1.29, 1.82) is 0 Å². The fraction of sp³-hybridized carbons (Fsp3) is 0.562. The molecule has 0 aromatic heterocycles. The van der Waals surface area contributed by atoms with Crippen molar-refractivity contribution in [1.82, 2.24) is 10.6 Å². The first kappa shape index (κ1) is 19.4. The van der Waals surface area contributed by atoms with Crippen LogP contribution in [0.25, 0.3) is 0 Å². The maximum absolute atomic E-state index is 12.8. The van der Waals surface area contributed by atoms with Crippen molar-refractivity contribution in [3.63, 3.8) is 0 Å². The van der Waals surface area contributed by atoms with E-state index < -0.39 is 9.84 Å². The van der Waals surface area contributed by atoms with Crippen molar-refractivity contribution in [2.75, 3.05) is 25.1 Å². The molecule has 5 nitrogen and oxygen atoms in total. The molecule has 0 fully saturated rings. The number of nitrogens with one attached hydrogen (secondary N) is 2. The molecule has 1 unspecified atom stereocenters. The first-order chi connectivity index (χ1) is 10.8. The van der Waals surface area contributed by atoms with E-state index in [0.717, 1.165) is 12.1 Å². The van der Waals surface area contributed by atoms with Crippen LogP contribution >= 0.6 is 0 Å². The van der Waals surface area contributed by atoms with Crippen LogP contribution in [-0.4, -0.2) is 45.5 Å². The van der Waals surface area contributed by atoms with E-state index in [1.54, 1.807) is 12.1 Å². The summed E-state index contributed by atoms with van der Waals surface area (Å²) in [5, 5.41) is 6.34. The Morgan fingerprint density at radius 1 is 1.30 bits per heavy atom. The van der Waals surface area contributed by atoms with Gasteiger partial charge in [-0.15, -0.1) is 0 Å². The van der Waals surface area contributed by atoms with E-state index in [-0.39, 0.29) is 17.6 Å². The van der Waals surface area contributed by atoms with Crippen LogP contribution < -0.4 is 10.6 Å². The largest absolute Gasteiger partial charge is 0.357 e. The van der Waals surface area contributed by atoms with Crippen molar-refractivity contribution in [3.8, 4) is 0 Å². The SMILES string of the molecule is CCNC(=NCCc1ccc(F)cc1)NC(C)CCS(C)(=O)=O. The molecule has 2 N–H and O–H groups in total. The molecule has 0 spiro atoms. The molecular formula is C16H26FN3O2S. The number of hydrogen-bond donors (Lipinski definition) is 2. The van der Waals surface area contributed by atoms with E-state index in [1.165, 1.54) is 18.4 Å². The molecule has 1 atom stereocenters. The predicted octanol–water partition coefficient (Wildman–Crippen LogP) is 1.75. The Morgan fingerprint density at radius 3 is 2.52 bits per heavy atom. The predicted molar refractivity (Wildman–Crippen MR) is 93.0 cm³/mol. The topological polar surface area (TPSA) is 70.6 Å². The minimum atomic E-state index is -2.95. The van der Waals surface area contributed by atoms with Gasteiger partial charge in [-0.1, -0.05) is 12.1 Å². The van der Waals surface area contributed by atoms with Gasteiger partial charge in [0.1, 0.15) is 15.7 Å². The summed E-state index contributed by atoms with van der Waals surface area (Å²) in [6, 6.07) is 6.39. The molecule has 0 amide bonds. The van der Waals surface area contributed by atoms with Crippen molar-refractivity contribution in [3.05, 3.63) is 35.6 Å². The van der Waals surface area contributed by atoms with Crippen molar-refractivity contribution in [2.24, 2.45) is 4.99 Å². The van der Waals surface area contributed by atoms with Crippen molar-refractivity contribution in [2.45, 2.75) is 32.7 Å². The number of rotatable bonds is 8. The zero-order chi connectivity index (χ0) is 17.3. The number of aliphatic imine (C=N–C) groups is 1. The van der Waals surface area contributed by atoms with Crippen LogP contribution in [0.4, 0.5) is 4.39 Å². The lowest BCUT2D eigenvalue weighted by molar-refractivity contribution is 0.581. The second-order valence-corrected chi connectivity index (χ2v) is 7.86. The zero-order valence-electron chi connectivity index (χ0n) is 14.0. The van der Waals surface area contributed by atoms with Gasteiger partial charge >= 0.3 is 0 Å². The summed E-state index contributed by atoms with van der Waals surface area (Å²) in [6.07, 6.45) is 2.48. The average Bonchev–Trinajstić information content (AvgIpc) is 2.47. The molecule has 0 saturated carbocycles. The summed E-state index contributed by atoms with van der Waals surface area (Å²) in [5.74, 6) is 0.568. The summed E-state index contributed by atoms with van der Waals surface area (Å²) in [4.78, 5) is 4.47. The Bertz CT molecular complexity index is 600. The van der Waals surface area contributed by atoms with Gasteiger partial charge in [0, 0.05) is 25.4 Å². The normalized spacial score (nSPS) is 13.7. The van der Waals surface area contributed by atoms with Gasteiger partial charge in [-0.25, -0.2) is 12.8 Å². The highest BCUT2D eigenvalue weighted by Gasteiger charge is 2.09. The van der Waals surface area contributed by atoms with Crippen LogP contribution in [0, 0.1) is 5.82 Å². The molecule has 0 aliphatic rings. The molecule has 1 aromatic carbocycles. The van der Waals surface area contributed by atoms with Gasteiger partial charge in [0.05, 0.1) is 5.75 Å². The Hall–Kier alpha value is -1.63. The monoisotopic (exact) mass is 343 g/mol. The molecule has 1 aromatic rings. The van der Waals surface area contributed by atoms with E-state index in [4.69, 9.17) is 0 Å². The van der Waals surface area contributed by atoms with Crippen molar-refractivity contribution >= 4 is 15.8 Å². The van der Waals surface area contributed by atoms with Gasteiger partial charge in [0.15, 0.2) is 5.96 Å². The molecule has 0 aliphatic carbocycles. The summed E-state index contributed by atoms with van der Waals surface area (Å²) >= 11 is 0. The van der Waals surface area contributed by atoms with Crippen molar-refractivity contribution < 1.29 is 12.8 Å². The third kappa shape index (κ3) is 9.18. The molecule has 0 heterocycles. The second kappa shape index (κ2) is 9.50.